The number of aromatic nitrogens is 2. The van der Waals surface area contributed by atoms with Crippen LogP contribution >= 0.6 is 11.8 Å². The van der Waals surface area contributed by atoms with Crippen molar-refractivity contribution in [3.63, 3.8) is 0 Å². The Hall–Kier alpha value is -2.76. The van der Waals surface area contributed by atoms with E-state index in [1.807, 2.05) is 17.6 Å². The first-order valence-electron chi connectivity index (χ1n) is 10.7. The molecule has 2 heterocycles. The van der Waals surface area contributed by atoms with E-state index >= 15 is 0 Å². The summed E-state index contributed by atoms with van der Waals surface area (Å²) in [5.74, 6) is 0.780. The van der Waals surface area contributed by atoms with Crippen LogP contribution in [0.3, 0.4) is 0 Å². The smallest absolute Gasteiger partial charge is 0.251 e. The molecule has 3 aromatic rings. The maximum absolute atomic E-state index is 12.6. The summed E-state index contributed by atoms with van der Waals surface area (Å²) in [6.45, 7) is 2.58. The summed E-state index contributed by atoms with van der Waals surface area (Å²) >= 11 is 1.28. The Kier molecular flexibility index (Phi) is 5.50. The zero-order valence-corrected chi connectivity index (χ0v) is 19.7. The molecule has 0 unspecified atom stereocenters. The Balaban J connectivity index is 1.27. The van der Waals surface area contributed by atoms with Gasteiger partial charge in [-0.15, -0.1) is 0 Å². The van der Waals surface area contributed by atoms with Crippen LogP contribution in [0.2, 0.25) is 0 Å². The summed E-state index contributed by atoms with van der Waals surface area (Å²) in [7, 11) is -3.82. The zero-order chi connectivity index (χ0) is 23.2. The van der Waals surface area contributed by atoms with Gasteiger partial charge in [-0.3, -0.25) is 4.79 Å². The van der Waals surface area contributed by atoms with Gasteiger partial charge in [-0.05, 0) is 50.1 Å². The highest BCUT2D eigenvalue weighted by molar-refractivity contribution is 7.99. The van der Waals surface area contributed by atoms with Crippen molar-refractivity contribution < 1.29 is 22.7 Å². The minimum Gasteiger partial charge on any atom is -0.448 e. The minimum atomic E-state index is -3.82. The number of aryl methyl sites for hydroxylation is 1. The van der Waals surface area contributed by atoms with Crippen molar-refractivity contribution in [3.05, 3.63) is 36.4 Å². The number of thioether (sulfide) groups is 1. The molecule has 174 valence electrons. The maximum atomic E-state index is 12.6. The molecule has 1 saturated carbocycles. The average molecular weight is 489 g/mol. The number of imidazole rings is 1. The summed E-state index contributed by atoms with van der Waals surface area (Å²) in [5, 5.41) is 8.75. The molecule has 2 aromatic carbocycles. The molecule has 33 heavy (non-hydrogen) atoms. The first kappa shape index (κ1) is 22.1. The monoisotopic (exact) mass is 488 g/mol. The number of fused-ring (bicyclic) bond motifs is 2. The first-order chi connectivity index (χ1) is 15.8. The van der Waals surface area contributed by atoms with Crippen LogP contribution < -0.4 is 19.9 Å². The van der Waals surface area contributed by atoms with Crippen LogP contribution in [0.4, 0.5) is 5.69 Å². The van der Waals surface area contributed by atoms with Gasteiger partial charge in [0.25, 0.3) is 5.79 Å². The van der Waals surface area contributed by atoms with Crippen LogP contribution in [-0.4, -0.2) is 35.4 Å². The van der Waals surface area contributed by atoms with Crippen molar-refractivity contribution in [3.8, 4) is 11.5 Å². The highest BCUT2D eigenvalue weighted by Crippen LogP contribution is 2.47. The molecular formula is C22H24N4O5S2. The number of hydrogen-bond acceptors (Lipinski definition) is 7. The van der Waals surface area contributed by atoms with E-state index in [4.69, 9.17) is 14.6 Å². The van der Waals surface area contributed by atoms with Gasteiger partial charge in [-0.25, -0.2) is 18.5 Å². The van der Waals surface area contributed by atoms with Crippen LogP contribution in [0.1, 0.15) is 32.6 Å². The van der Waals surface area contributed by atoms with E-state index in [1.165, 1.54) is 23.9 Å². The van der Waals surface area contributed by atoms with Gasteiger partial charge in [0, 0.05) is 31.1 Å². The van der Waals surface area contributed by atoms with Crippen molar-refractivity contribution in [2.75, 3.05) is 11.1 Å². The molecule has 11 heteroatoms. The molecule has 2 aliphatic rings. The number of primary sulfonamides is 1. The second kappa shape index (κ2) is 8.23. The Morgan fingerprint density at radius 1 is 1.18 bits per heavy atom. The molecular weight excluding hydrogens is 464 g/mol. The molecule has 0 radical (unpaired) electrons. The molecule has 1 spiro atoms. The van der Waals surface area contributed by atoms with Crippen molar-refractivity contribution >= 4 is 44.4 Å². The third-order valence-corrected chi connectivity index (χ3v) is 7.73. The fraction of sp³-hybridized carbons (Fsp3) is 0.364. The third kappa shape index (κ3) is 4.28. The molecule has 1 amide bonds. The van der Waals surface area contributed by atoms with Crippen LogP contribution in [0.5, 0.6) is 11.5 Å². The second-order valence-electron chi connectivity index (χ2n) is 8.15. The highest BCUT2D eigenvalue weighted by Gasteiger charge is 2.44. The normalized spacial score (nSPS) is 16.5. The predicted molar refractivity (Wildman–Crippen MR) is 125 cm³/mol. The Morgan fingerprint density at radius 2 is 1.94 bits per heavy atom. The number of benzene rings is 2. The van der Waals surface area contributed by atoms with Crippen LogP contribution in [0, 0.1) is 0 Å². The Morgan fingerprint density at radius 3 is 2.67 bits per heavy atom. The first-order valence-corrected chi connectivity index (χ1v) is 13.3. The maximum Gasteiger partial charge on any atom is 0.251 e. The lowest BCUT2D eigenvalue weighted by Gasteiger charge is -2.21. The Bertz CT molecular complexity index is 1350. The van der Waals surface area contributed by atoms with Crippen LogP contribution in [-0.2, 0) is 21.4 Å². The molecule has 9 nitrogen and oxygen atoms in total. The summed E-state index contributed by atoms with van der Waals surface area (Å²) in [6.07, 6.45) is 3.91. The van der Waals surface area contributed by atoms with Gasteiger partial charge in [0.05, 0.1) is 21.7 Å². The number of ether oxygens (including phenoxy) is 2. The molecule has 1 aliphatic carbocycles. The fourth-order valence-electron chi connectivity index (χ4n) is 4.30. The molecule has 5 rings (SSSR count). The zero-order valence-electron chi connectivity index (χ0n) is 18.0. The lowest BCUT2D eigenvalue weighted by molar-refractivity contribution is -0.113. The number of nitrogens with one attached hydrogen (secondary N) is 1. The molecule has 1 aliphatic heterocycles. The van der Waals surface area contributed by atoms with Gasteiger partial charge in [-0.2, -0.15) is 0 Å². The van der Waals surface area contributed by atoms with Crippen molar-refractivity contribution in [1.29, 1.82) is 0 Å². The standard InChI is InChI=1S/C22H24N4O5S2/c1-2-26-17-7-6-15(33(23,28)29)12-16(17)25-21(26)32-13-20(27)24-14-5-8-18-19(11-14)31-22(30-18)9-3-4-10-22/h5-8,11-12H,2-4,9-10,13H2,1H3,(H,24,27)(H2,23,28,29). The largest absolute Gasteiger partial charge is 0.448 e. The topological polar surface area (TPSA) is 126 Å². The number of sulfonamides is 1. The van der Waals surface area contributed by atoms with Crippen molar-refractivity contribution in [2.45, 2.75) is 55.0 Å². The van der Waals surface area contributed by atoms with Gasteiger partial charge in [-0.1, -0.05) is 11.8 Å². The van der Waals surface area contributed by atoms with Crippen LogP contribution in [0.15, 0.2) is 46.5 Å². The molecule has 3 N–H and O–H groups in total. The summed E-state index contributed by atoms with van der Waals surface area (Å²) < 4.78 is 37.3. The van der Waals surface area contributed by atoms with E-state index in [9.17, 15) is 13.2 Å². The quantitative estimate of drug-likeness (QED) is 0.509. The van der Waals surface area contributed by atoms with Crippen molar-refractivity contribution in [2.24, 2.45) is 5.14 Å². The van der Waals surface area contributed by atoms with Gasteiger partial charge in [0.15, 0.2) is 16.7 Å². The molecule has 0 bridgehead atoms. The van der Waals surface area contributed by atoms with E-state index in [0.717, 1.165) is 31.2 Å². The highest BCUT2D eigenvalue weighted by atomic mass is 32.2. The van der Waals surface area contributed by atoms with E-state index < -0.39 is 15.8 Å². The van der Waals surface area contributed by atoms with Gasteiger partial charge < -0.3 is 19.4 Å². The van der Waals surface area contributed by atoms with E-state index in [-0.39, 0.29) is 16.6 Å². The van der Waals surface area contributed by atoms with E-state index in [1.54, 1.807) is 18.2 Å². The number of amides is 1. The van der Waals surface area contributed by atoms with E-state index in [0.29, 0.717) is 34.4 Å². The summed E-state index contributed by atoms with van der Waals surface area (Å²) in [5.41, 5.74) is 1.94. The van der Waals surface area contributed by atoms with Crippen LogP contribution in [0.25, 0.3) is 11.0 Å². The number of nitrogens with two attached hydrogens (primary N) is 1. The molecule has 0 atom stereocenters. The molecule has 1 fully saturated rings. The minimum absolute atomic E-state index is 0.00670. The van der Waals surface area contributed by atoms with Gasteiger partial charge in [0.2, 0.25) is 15.9 Å². The number of carbonyl (C=O) groups excluding carboxylic acids is 1. The van der Waals surface area contributed by atoms with Crippen molar-refractivity contribution in [1.82, 2.24) is 9.55 Å². The lowest BCUT2D eigenvalue weighted by Crippen LogP contribution is -2.34. The molecule has 0 saturated heterocycles. The van der Waals surface area contributed by atoms with E-state index in [2.05, 4.69) is 10.3 Å². The summed E-state index contributed by atoms with van der Waals surface area (Å²) in [4.78, 5) is 17.1. The second-order valence-corrected chi connectivity index (χ2v) is 10.7. The number of nitrogens with zero attached hydrogens (tertiary/aromatic N) is 2. The lowest BCUT2D eigenvalue weighted by atomic mass is 10.2. The Labute approximate surface area is 195 Å². The predicted octanol–water partition coefficient (Wildman–Crippen LogP) is 3.48. The fourth-order valence-corrected chi connectivity index (χ4v) is 5.71. The summed E-state index contributed by atoms with van der Waals surface area (Å²) in [6, 6.07) is 10.0. The number of hydrogen-bond donors (Lipinski definition) is 2. The number of carbonyl (C=O) groups is 1. The number of rotatable bonds is 6. The number of anilines is 1. The van der Waals surface area contributed by atoms with Gasteiger partial charge in [0.1, 0.15) is 0 Å². The third-order valence-electron chi connectivity index (χ3n) is 5.85. The average Bonchev–Trinajstić information content (AvgIpc) is 3.47. The SMILES string of the molecule is CCn1c(SCC(=O)Nc2ccc3c(c2)OC2(CCCC2)O3)nc2cc(S(N)(=O)=O)ccc21. The molecule has 1 aromatic heterocycles. The van der Waals surface area contributed by atoms with Gasteiger partial charge >= 0.3 is 0 Å².